The molecule has 0 saturated heterocycles. The van der Waals surface area contributed by atoms with Crippen molar-refractivity contribution in [1.29, 1.82) is 0 Å². The van der Waals surface area contributed by atoms with Crippen molar-refractivity contribution in [3.05, 3.63) is 0 Å². The van der Waals surface area contributed by atoms with Crippen molar-refractivity contribution in [2.24, 2.45) is 17.8 Å². The van der Waals surface area contributed by atoms with Crippen LogP contribution in [0.15, 0.2) is 0 Å². The molecule has 0 radical (unpaired) electrons. The van der Waals surface area contributed by atoms with Crippen LogP contribution in [-0.4, -0.2) is 23.7 Å². The van der Waals surface area contributed by atoms with E-state index in [-0.39, 0.29) is 24.5 Å². The largest absolute Gasteiger partial charge is 0.394 e. The molecule has 0 aromatic rings. The smallest absolute Gasteiger partial charge is 0.223 e. The van der Waals surface area contributed by atoms with Crippen molar-refractivity contribution in [3.63, 3.8) is 0 Å². The number of aliphatic hydroxyl groups is 1. The molecule has 1 fully saturated rings. The number of rotatable bonds is 4. The maximum atomic E-state index is 11.8. The van der Waals surface area contributed by atoms with Gasteiger partial charge in [0.05, 0.1) is 6.61 Å². The van der Waals surface area contributed by atoms with E-state index in [1.54, 1.807) is 0 Å². The molecule has 0 heterocycles. The molecule has 0 aliphatic heterocycles. The molecular formula is C13H25NO2. The molecule has 1 saturated carbocycles. The lowest BCUT2D eigenvalue weighted by Crippen LogP contribution is -2.40. The van der Waals surface area contributed by atoms with Crippen LogP contribution in [0.3, 0.4) is 0 Å². The van der Waals surface area contributed by atoms with Gasteiger partial charge in [0.1, 0.15) is 0 Å². The van der Waals surface area contributed by atoms with Gasteiger partial charge in [0.25, 0.3) is 0 Å². The van der Waals surface area contributed by atoms with Gasteiger partial charge in [-0.25, -0.2) is 0 Å². The van der Waals surface area contributed by atoms with E-state index < -0.39 is 0 Å². The summed E-state index contributed by atoms with van der Waals surface area (Å²) in [5.41, 5.74) is 0. The lowest BCUT2D eigenvalue weighted by atomic mass is 9.76. The van der Waals surface area contributed by atoms with Crippen LogP contribution in [-0.2, 0) is 4.79 Å². The predicted molar refractivity (Wildman–Crippen MR) is 65.0 cm³/mol. The summed E-state index contributed by atoms with van der Waals surface area (Å²) < 4.78 is 0. The molecule has 0 bridgehead atoms. The lowest BCUT2D eigenvalue weighted by molar-refractivity contribution is -0.127. The Morgan fingerprint density at radius 1 is 1.25 bits per heavy atom. The molecule has 2 N–H and O–H groups in total. The fourth-order valence-electron chi connectivity index (χ4n) is 2.45. The van der Waals surface area contributed by atoms with Crippen LogP contribution in [0.4, 0.5) is 0 Å². The van der Waals surface area contributed by atoms with Crippen LogP contribution in [0.25, 0.3) is 0 Å². The van der Waals surface area contributed by atoms with Crippen LogP contribution in [0, 0.1) is 17.8 Å². The average Bonchev–Trinajstić information content (AvgIpc) is 2.28. The zero-order valence-corrected chi connectivity index (χ0v) is 10.7. The van der Waals surface area contributed by atoms with E-state index in [0.717, 1.165) is 24.7 Å². The molecule has 94 valence electrons. The first-order valence-corrected chi connectivity index (χ1v) is 6.45. The van der Waals surface area contributed by atoms with E-state index in [1.807, 2.05) is 6.92 Å². The van der Waals surface area contributed by atoms with E-state index in [1.165, 1.54) is 12.8 Å². The Hall–Kier alpha value is -0.570. The Bertz CT molecular complexity index is 220. The molecular weight excluding hydrogens is 202 g/mol. The summed E-state index contributed by atoms with van der Waals surface area (Å²) in [6.45, 7) is 6.38. The number of nitrogens with one attached hydrogen (secondary N) is 1. The Labute approximate surface area is 98.6 Å². The molecule has 1 atom stereocenters. The van der Waals surface area contributed by atoms with Crippen molar-refractivity contribution in [3.8, 4) is 0 Å². The third kappa shape index (κ3) is 3.78. The normalized spacial score (nSPS) is 27.8. The van der Waals surface area contributed by atoms with Crippen LogP contribution >= 0.6 is 0 Å². The zero-order chi connectivity index (χ0) is 12.1. The lowest BCUT2D eigenvalue weighted by Gasteiger charge is -2.30. The summed E-state index contributed by atoms with van der Waals surface area (Å²) >= 11 is 0. The standard InChI is InChI=1S/C13H25NO2/c1-9(2)11-4-6-12(7-5-11)13(16)14-10(3)8-15/h9-12,15H,4-8H2,1-3H3,(H,14,16). The van der Waals surface area contributed by atoms with Crippen LogP contribution < -0.4 is 5.32 Å². The summed E-state index contributed by atoms with van der Waals surface area (Å²) in [7, 11) is 0. The van der Waals surface area contributed by atoms with Gasteiger partial charge in [-0.3, -0.25) is 4.79 Å². The van der Waals surface area contributed by atoms with Gasteiger partial charge in [0.2, 0.25) is 5.91 Å². The van der Waals surface area contributed by atoms with Gasteiger partial charge in [-0.1, -0.05) is 13.8 Å². The molecule has 0 aromatic carbocycles. The van der Waals surface area contributed by atoms with E-state index in [9.17, 15) is 4.79 Å². The number of carbonyl (C=O) groups is 1. The second-order valence-electron chi connectivity index (χ2n) is 5.45. The maximum absolute atomic E-state index is 11.8. The molecule has 1 aliphatic rings. The maximum Gasteiger partial charge on any atom is 0.223 e. The molecule has 16 heavy (non-hydrogen) atoms. The van der Waals surface area contributed by atoms with Crippen molar-refractivity contribution < 1.29 is 9.90 Å². The summed E-state index contributed by atoms with van der Waals surface area (Å²) in [5.74, 6) is 1.83. The van der Waals surface area contributed by atoms with E-state index in [4.69, 9.17) is 5.11 Å². The zero-order valence-electron chi connectivity index (χ0n) is 10.7. The number of hydrogen-bond donors (Lipinski definition) is 2. The van der Waals surface area contributed by atoms with Crippen molar-refractivity contribution >= 4 is 5.91 Å². The summed E-state index contributed by atoms with van der Waals surface area (Å²) in [4.78, 5) is 11.8. The molecule has 0 spiro atoms. The van der Waals surface area contributed by atoms with Crippen molar-refractivity contribution in [2.45, 2.75) is 52.5 Å². The van der Waals surface area contributed by atoms with Gasteiger partial charge in [-0.05, 0) is 44.4 Å². The van der Waals surface area contributed by atoms with Gasteiger partial charge < -0.3 is 10.4 Å². The summed E-state index contributed by atoms with van der Waals surface area (Å²) in [5, 5.41) is 11.7. The van der Waals surface area contributed by atoms with Gasteiger partial charge >= 0.3 is 0 Å². The minimum Gasteiger partial charge on any atom is -0.394 e. The van der Waals surface area contributed by atoms with Gasteiger partial charge in [0.15, 0.2) is 0 Å². The minimum absolute atomic E-state index is 0.0209. The molecule has 0 aromatic heterocycles. The molecule has 1 unspecified atom stereocenters. The summed E-state index contributed by atoms with van der Waals surface area (Å²) in [6.07, 6.45) is 4.35. The Kier molecular flexibility index (Phi) is 5.26. The highest BCUT2D eigenvalue weighted by atomic mass is 16.3. The molecule has 3 nitrogen and oxygen atoms in total. The molecule has 1 aliphatic carbocycles. The Morgan fingerprint density at radius 3 is 2.25 bits per heavy atom. The van der Waals surface area contributed by atoms with E-state index >= 15 is 0 Å². The second-order valence-corrected chi connectivity index (χ2v) is 5.45. The van der Waals surface area contributed by atoms with E-state index in [0.29, 0.717) is 0 Å². The number of carbonyl (C=O) groups excluding carboxylic acids is 1. The highest BCUT2D eigenvalue weighted by molar-refractivity contribution is 5.78. The SMILES string of the molecule is CC(CO)NC(=O)C1CCC(C(C)C)CC1. The fourth-order valence-corrected chi connectivity index (χ4v) is 2.45. The van der Waals surface area contributed by atoms with E-state index in [2.05, 4.69) is 19.2 Å². The average molecular weight is 227 g/mol. The molecule has 1 rings (SSSR count). The molecule has 3 heteroatoms. The van der Waals surface area contributed by atoms with Crippen LogP contribution in [0.1, 0.15) is 46.5 Å². The summed E-state index contributed by atoms with van der Waals surface area (Å²) in [6, 6.07) is -0.115. The van der Waals surface area contributed by atoms with Crippen LogP contribution in [0.5, 0.6) is 0 Å². The van der Waals surface area contributed by atoms with Crippen LogP contribution in [0.2, 0.25) is 0 Å². The third-order valence-electron chi connectivity index (χ3n) is 3.75. The second kappa shape index (κ2) is 6.24. The Morgan fingerprint density at radius 2 is 1.81 bits per heavy atom. The highest BCUT2D eigenvalue weighted by Gasteiger charge is 2.27. The quantitative estimate of drug-likeness (QED) is 0.771. The first-order chi connectivity index (χ1) is 7.54. The van der Waals surface area contributed by atoms with Crippen molar-refractivity contribution in [2.75, 3.05) is 6.61 Å². The number of aliphatic hydroxyl groups excluding tert-OH is 1. The minimum atomic E-state index is -0.115. The first kappa shape index (κ1) is 13.5. The van der Waals surface area contributed by atoms with Crippen molar-refractivity contribution in [1.82, 2.24) is 5.32 Å². The monoisotopic (exact) mass is 227 g/mol. The van der Waals surface area contributed by atoms with Gasteiger partial charge in [0, 0.05) is 12.0 Å². The number of hydrogen-bond acceptors (Lipinski definition) is 2. The Balaban J connectivity index is 2.33. The fraction of sp³-hybridized carbons (Fsp3) is 0.923. The van der Waals surface area contributed by atoms with Gasteiger partial charge in [-0.15, -0.1) is 0 Å². The predicted octanol–water partition coefficient (Wildman–Crippen LogP) is 1.95. The topological polar surface area (TPSA) is 49.3 Å². The third-order valence-corrected chi connectivity index (χ3v) is 3.75. The molecule has 1 amide bonds. The number of amides is 1. The highest BCUT2D eigenvalue weighted by Crippen LogP contribution is 2.33. The van der Waals surface area contributed by atoms with Gasteiger partial charge in [-0.2, -0.15) is 0 Å². The first-order valence-electron chi connectivity index (χ1n) is 6.45.